The number of ether oxygens (including phenoxy) is 1. The molecule has 0 aliphatic heterocycles. The van der Waals surface area contributed by atoms with E-state index >= 15 is 0 Å². The lowest BCUT2D eigenvalue weighted by atomic mass is 10.1. The Labute approximate surface area is 110 Å². The molecular formula is C15H15F2NO. The standard InChI is InChI=1S/C15H15F2NO/c16-13-6-2-1-4-12(13)10-19-15-11(8-9-18)5-3-7-14(15)17/h1-7H,8-10,18H2. The molecule has 0 radical (unpaired) electrons. The van der Waals surface area contributed by atoms with Gasteiger partial charge in [-0.05, 0) is 30.7 Å². The fourth-order valence-corrected chi connectivity index (χ4v) is 1.83. The predicted molar refractivity (Wildman–Crippen MR) is 69.9 cm³/mol. The van der Waals surface area contributed by atoms with E-state index in [4.69, 9.17) is 10.5 Å². The minimum atomic E-state index is -0.456. The highest BCUT2D eigenvalue weighted by Gasteiger charge is 2.10. The second-order valence-corrected chi connectivity index (χ2v) is 4.15. The van der Waals surface area contributed by atoms with E-state index in [1.807, 2.05) is 0 Å². The number of hydrogen-bond donors (Lipinski definition) is 1. The molecule has 2 rings (SSSR count). The lowest BCUT2D eigenvalue weighted by Crippen LogP contribution is -2.07. The first kappa shape index (κ1) is 13.5. The largest absolute Gasteiger partial charge is 0.485 e. The molecule has 2 aromatic carbocycles. The molecule has 0 aliphatic carbocycles. The average Bonchev–Trinajstić information content (AvgIpc) is 2.40. The molecule has 0 saturated heterocycles. The highest BCUT2D eigenvalue weighted by Crippen LogP contribution is 2.24. The van der Waals surface area contributed by atoms with Crippen LogP contribution < -0.4 is 10.5 Å². The van der Waals surface area contributed by atoms with E-state index in [1.165, 1.54) is 12.1 Å². The molecule has 4 heteroatoms. The Morgan fingerprint density at radius 1 is 0.895 bits per heavy atom. The van der Waals surface area contributed by atoms with Gasteiger partial charge in [0.15, 0.2) is 11.6 Å². The maximum Gasteiger partial charge on any atom is 0.165 e. The predicted octanol–water partition coefficient (Wildman–Crippen LogP) is 3.05. The Morgan fingerprint density at radius 2 is 1.58 bits per heavy atom. The molecule has 100 valence electrons. The van der Waals surface area contributed by atoms with Gasteiger partial charge in [-0.1, -0.05) is 30.3 Å². The summed E-state index contributed by atoms with van der Waals surface area (Å²) in [5.41, 5.74) is 6.56. The van der Waals surface area contributed by atoms with Gasteiger partial charge in [-0.25, -0.2) is 8.78 Å². The van der Waals surface area contributed by atoms with Gasteiger partial charge in [-0.2, -0.15) is 0 Å². The van der Waals surface area contributed by atoms with Crippen molar-refractivity contribution in [2.24, 2.45) is 5.73 Å². The quantitative estimate of drug-likeness (QED) is 0.899. The van der Waals surface area contributed by atoms with Crippen LogP contribution in [-0.4, -0.2) is 6.54 Å². The Kier molecular flexibility index (Phi) is 4.47. The summed E-state index contributed by atoms with van der Waals surface area (Å²) in [6, 6.07) is 10.9. The first-order valence-electron chi connectivity index (χ1n) is 6.06. The molecule has 0 bridgehead atoms. The SMILES string of the molecule is NCCc1cccc(F)c1OCc1ccccc1F. The molecule has 0 aromatic heterocycles. The highest BCUT2D eigenvalue weighted by atomic mass is 19.1. The maximum atomic E-state index is 13.7. The second-order valence-electron chi connectivity index (χ2n) is 4.15. The molecule has 2 aromatic rings. The van der Waals surface area contributed by atoms with E-state index in [1.54, 1.807) is 30.3 Å². The molecule has 2 nitrogen and oxygen atoms in total. The van der Waals surface area contributed by atoms with Gasteiger partial charge in [0.2, 0.25) is 0 Å². The highest BCUT2D eigenvalue weighted by molar-refractivity contribution is 5.35. The van der Waals surface area contributed by atoms with Gasteiger partial charge in [-0.3, -0.25) is 0 Å². The van der Waals surface area contributed by atoms with Crippen molar-refractivity contribution >= 4 is 0 Å². The molecule has 0 heterocycles. The Balaban J connectivity index is 2.17. The lowest BCUT2D eigenvalue weighted by Gasteiger charge is -2.12. The summed E-state index contributed by atoms with van der Waals surface area (Å²) in [6.07, 6.45) is 0.518. The fraction of sp³-hybridized carbons (Fsp3) is 0.200. The van der Waals surface area contributed by atoms with Crippen LogP contribution in [-0.2, 0) is 13.0 Å². The van der Waals surface area contributed by atoms with Crippen LogP contribution >= 0.6 is 0 Å². The summed E-state index contributed by atoms with van der Waals surface area (Å²) in [5.74, 6) is -0.669. The number of nitrogens with two attached hydrogens (primary N) is 1. The fourth-order valence-electron chi connectivity index (χ4n) is 1.83. The van der Waals surface area contributed by atoms with Gasteiger partial charge < -0.3 is 10.5 Å². The van der Waals surface area contributed by atoms with Crippen molar-refractivity contribution in [2.45, 2.75) is 13.0 Å². The van der Waals surface area contributed by atoms with Crippen molar-refractivity contribution in [2.75, 3.05) is 6.54 Å². The Bertz CT molecular complexity index is 558. The van der Waals surface area contributed by atoms with Crippen molar-refractivity contribution < 1.29 is 13.5 Å². The molecule has 19 heavy (non-hydrogen) atoms. The minimum absolute atomic E-state index is 0.00875. The Hall–Kier alpha value is -1.94. The summed E-state index contributed by atoms with van der Waals surface area (Å²) in [5, 5.41) is 0. The van der Waals surface area contributed by atoms with E-state index in [9.17, 15) is 8.78 Å². The van der Waals surface area contributed by atoms with Crippen LogP contribution in [0.3, 0.4) is 0 Å². The molecule has 0 aliphatic rings. The van der Waals surface area contributed by atoms with Crippen molar-refractivity contribution in [1.29, 1.82) is 0 Å². The number of rotatable bonds is 5. The number of para-hydroxylation sites is 1. The van der Waals surface area contributed by atoms with E-state index in [0.29, 0.717) is 24.1 Å². The van der Waals surface area contributed by atoms with Gasteiger partial charge in [0, 0.05) is 5.56 Å². The van der Waals surface area contributed by atoms with Gasteiger partial charge in [0.25, 0.3) is 0 Å². The summed E-state index contributed by atoms with van der Waals surface area (Å²) in [7, 11) is 0. The van der Waals surface area contributed by atoms with Crippen molar-refractivity contribution in [1.82, 2.24) is 0 Å². The molecule has 0 saturated carbocycles. The van der Waals surface area contributed by atoms with Gasteiger partial charge in [0.1, 0.15) is 12.4 Å². The zero-order chi connectivity index (χ0) is 13.7. The van der Waals surface area contributed by atoms with Crippen molar-refractivity contribution in [3.8, 4) is 5.75 Å². The molecule has 0 unspecified atom stereocenters. The number of benzene rings is 2. The van der Waals surface area contributed by atoms with Crippen LogP contribution in [0.5, 0.6) is 5.75 Å². The third-order valence-corrected chi connectivity index (χ3v) is 2.79. The van der Waals surface area contributed by atoms with Crippen LogP contribution in [0, 0.1) is 11.6 Å². The van der Waals surface area contributed by atoms with Crippen LogP contribution in [0.2, 0.25) is 0 Å². The topological polar surface area (TPSA) is 35.2 Å². The smallest absolute Gasteiger partial charge is 0.165 e. The van der Waals surface area contributed by atoms with E-state index < -0.39 is 5.82 Å². The summed E-state index contributed by atoms with van der Waals surface area (Å²) < 4.78 is 32.6. The molecule has 0 amide bonds. The maximum absolute atomic E-state index is 13.7. The molecule has 0 atom stereocenters. The van der Waals surface area contributed by atoms with Crippen LogP contribution in [0.15, 0.2) is 42.5 Å². The molecular weight excluding hydrogens is 248 g/mol. The minimum Gasteiger partial charge on any atom is -0.485 e. The molecule has 0 spiro atoms. The first-order valence-corrected chi connectivity index (χ1v) is 6.06. The zero-order valence-electron chi connectivity index (χ0n) is 10.4. The van der Waals surface area contributed by atoms with Crippen LogP contribution in [0.25, 0.3) is 0 Å². The van der Waals surface area contributed by atoms with Gasteiger partial charge in [0.05, 0.1) is 0 Å². The van der Waals surface area contributed by atoms with Crippen molar-refractivity contribution in [3.05, 3.63) is 65.2 Å². The van der Waals surface area contributed by atoms with Crippen LogP contribution in [0.1, 0.15) is 11.1 Å². The van der Waals surface area contributed by atoms with Gasteiger partial charge in [-0.15, -0.1) is 0 Å². The second kappa shape index (κ2) is 6.29. The van der Waals surface area contributed by atoms with Gasteiger partial charge >= 0.3 is 0 Å². The van der Waals surface area contributed by atoms with E-state index in [0.717, 1.165) is 0 Å². The average molecular weight is 263 g/mol. The zero-order valence-corrected chi connectivity index (χ0v) is 10.4. The summed E-state index contributed by atoms with van der Waals surface area (Å²) >= 11 is 0. The first-order chi connectivity index (χ1) is 9.22. The molecule has 0 fully saturated rings. The number of halogens is 2. The van der Waals surface area contributed by atoms with E-state index in [-0.39, 0.29) is 18.2 Å². The monoisotopic (exact) mass is 263 g/mol. The Morgan fingerprint density at radius 3 is 2.32 bits per heavy atom. The van der Waals surface area contributed by atoms with E-state index in [2.05, 4.69) is 0 Å². The number of hydrogen-bond acceptors (Lipinski definition) is 2. The van der Waals surface area contributed by atoms with Crippen molar-refractivity contribution in [3.63, 3.8) is 0 Å². The summed E-state index contributed by atoms with van der Waals surface area (Å²) in [6.45, 7) is 0.394. The molecule has 2 N–H and O–H groups in total. The third-order valence-electron chi connectivity index (χ3n) is 2.79. The lowest BCUT2D eigenvalue weighted by molar-refractivity contribution is 0.281. The third kappa shape index (κ3) is 3.29. The summed E-state index contributed by atoms with van der Waals surface area (Å²) in [4.78, 5) is 0. The van der Waals surface area contributed by atoms with Crippen LogP contribution in [0.4, 0.5) is 8.78 Å². The normalized spacial score (nSPS) is 10.5.